The normalized spacial score (nSPS) is 34.1. The molecule has 0 radical (unpaired) electrons. The smallest absolute Gasteiger partial charge is 0.691 e. The van der Waals surface area contributed by atoms with Crippen molar-refractivity contribution in [2.24, 2.45) is 5.92 Å². The molecule has 25 heavy (non-hydrogen) atoms. The first kappa shape index (κ1) is 23.8. The van der Waals surface area contributed by atoms with Gasteiger partial charge in [-0.2, -0.15) is 4.33 Å². The molecular weight excluding hydrogens is 359 g/mol. The van der Waals surface area contributed by atoms with E-state index < -0.39 is 9.77 Å². The molecule has 2 aliphatic rings. The average molecular weight is 388 g/mol. The number of hydrogen-bond donors (Lipinski definition) is 1. The van der Waals surface area contributed by atoms with Crippen LogP contribution in [-0.2, 0) is 18.8 Å². The van der Waals surface area contributed by atoms with Crippen LogP contribution in [0.15, 0.2) is 0 Å². The molecule has 5 atom stereocenters. The SMILES string of the molecule is C=S(O)(=CN1CCN(C2CC(OC)C(C)CC2OC)CC1)OO[O-].[Na+]. The zero-order valence-electron chi connectivity index (χ0n) is 15.6. The minimum absolute atomic E-state index is 0. The molecule has 5 unspecified atom stereocenters. The standard InChI is InChI=1S/C15H30N2O6S.Na/c1-12-9-15(21-3)13(10-14(12)20-2)17-7-5-16(6-8-17)11-24(4,19)23-22-18;/h11-15,18-19H,4-10H2,1-3H3;/q;+1/p-1. The van der Waals surface area contributed by atoms with Crippen LogP contribution in [0.25, 0.3) is 0 Å². The fourth-order valence-electron chi connectivity index (χ4n) is 3.74. The molecule has 1 heterocycles. The van der Waals surface area contributed by atoms with Gasteiger partial charge in [0.15, 0.2) is 0 Å². The van der Waals surface area contributed by atoms with E-state index in [0.29, 0.717) is 25.0 Å². The van der Waals surface area contributed by atoms with Gasteiger partial charge in [-0.05, 0) is 24.6 Å². The Hall–Kier alpha value is 0.770. The fraction of sp³-hybridized carbons (Fsp3) is 0.867. The molecular formula is C15H29N2NaO6S. The summed E-state index contributed by atoms with van der Waals surface area (Å²) in [4.78, 5) is 4.33. The average Bonchev–Trinajstić information content (AvgIpc) is 2.55. The Bertz CT molecular complexity index is 508. The third-order valence-corrected chi connectivity index (χ3v) is 5.94. The summed E-state index contributed by atoms with van der Waals surface area (Å²) in [5.41, 5.74) is 1.46. The van der Waals surface area contributed by atoms with Crippen molar-refractivity contribution in [2.75, 3.05) is 40.4 Å². The molecule has 1 N–H and O–H groups in total. The Morgan fingerprint density at radius 3 is 2.24 bits per heavy atom. The van der Waals surface area contributed by atoms with E-state index in [1.807, 2.05) is 4.90 Å². The minimum Gasteiger partial charge on any atom is -0.691 e. The maximum Gasteiger partial charge on any atom is 1.00 e. The molecule has 8 nitrogen and oxygen atoms in total. The van der Waals surface area contributed by atoms with E-state index in [4.69, 9.17) is 9.47 Å². The summed E-state index contributed by atoms with van der Waals surface area (Å²) in [5.74, 6) is 3.95. The maximum absolute atomic E-state index is 10.0. The summed E-state index contributed by atoms with van der Waals surface area (Å²) in [5, 5.41) is 13.3. The van der Waals surface area contributed by atoms with Crippen LogP contribution in [0, 0.1) is 5.92 Å². The molecule has 0 bridgehead atoms. The Morgan fingerprint density at radius 1 is 1.12 bits per heavy atom. The van der Waals surface area contributed by atoms with Crippen molar-refractivity contribution >= 4 is 21.1 Å². The molecule has 1 saturated carbocycles. The number of hydrogen-bond acceptors (Lipinski definition) is 7. The second kappa shape index (κ2) is 10.9. The molecule has 2 rings (SSSR count). The van der Waals surface area contributed by atoms with Crippen LogP contribution in [-0.4, -0.2) is 84.4 Å². The van der Waals surface area contributed by atoms with Crippen molar-refractivity contribution in [1.82, 2.24) is 9.80 Å². The Kier molecular flexibility index (Phi) is 10.4. The number of methoxy groups -OCH3 is 2. The molecule has 0 spiro atoms. The predicted molar refractivity (Wildman–Crippen MR) is 92.5 cm³/mol. The zero-order chi connectivity index (χ0) is 17.7. The summed E-state index contributed by atoms with van der Waals surface area (Å²) < 4.78 is 25.5. The van der Waals surface area contributed by atoms with Gasteiger partial charge in [0.1, 0.15) is 0 Å². The second-order valence-corrected chi connectivity index (χ2v) is 8.29. The summed E-state index contributed by atoms with van der Waals surface area (Å²) in [6, 6.07) is 0.325. The number of nitrogens with zero attached hydrogens (tertiary/aromatic N) is 2. The van der Waals surface area contributed by atoms with Gasteiger partial charge in [-0.15, -0.1) is 0 Å². The van der Waals surface area contributed by atoms with E-state index >= 15 is 0 Å². The van der Waals surface area contributed by atoms with Crippen molar-refractivity contribution in [3.8, 4) is 0 Å². The Morgan fingerprint density at radius 2 is 1.72 bits per heavy atom. The number of ether oxygens (including phenoxy) is 2. The first-order valence-electron chi connectivity index (χ1n) is 8.15. The quantitative estimate of drug-likeness (QED) is 0.224. The van der Waals surface area contributed by atoms with Gasteiger partial charge < -0.3 is 19.3 Å². The molecule has 1 saturated heterocycles. The summed E-state index contributed by atoms with van der Waals surface area (Å²) in [6.07, 6.45) is 2.40. The minimum atomic E-state index is -2.86. The van der Waals surface area contributed by atoms with E-state index in [9.17, 15) is 9.81 Å². The van der Waals surface area contributed by atoms with E-state index in [0.717, 1.165) is 25.9 Å². The van der Waals surface area contributed by atoms with E-state index in [1.54, 1.807) is 14.2 Å². The van der Waals surface area contributed by atoms with Crippen molar-refractivity contribution in [3.63, 3.8) is 0 Å². The van der Waals surface area contributed by atoms with Gasteiger partial charge in [0.05, 0.1) is 17.7 Å². The van der Waals surface area contributed by atoms with Gasteiger partial charge in [-0.1, -0.05) is 6.92 Å². The van der Waals surface area contributed by atoms with Crippen LogP contribution < -0.4 is 34.8 Å². The third-order valence-electron chi connectivity index (χ3n) is 5.02. The molecule has 0 amide bonds. The molecule has 0 aromatic rings. The first-order valence-corrected chi connectivity index (χ1v) is 9.90. The summed E-state index contributed by atoms with van der Waals surface area (Å²) in [6.45, 7) is 5.30. The second-order valence-electron chi connectivity index (χ2n) is 6.57. The van der Waals surface area contributed by atoms with Crippen molar-refractivity contribution in [1.29, 1.82) is 0 Å². The van der Waals surface area contributed by atoms with Gasteiger partial charge in [-0.3, -0.25) is 14.8 Å². The van der Waals surface area contributed by atoms with Crippen LogP contribution in [0.2, 0.25) is 0 Å². The maximum atomic E-state index is 10.0. The molecule has 1 aliphatic heterocycles. The van der Waals surface area contributed by atoms with Crippen LogP contribution in [0.3, 0.4) is 0 Å². The third kappa shape index (κ3) is 6.70. The van der Waals surface area contributed by atoms with Crippen molar-refractivity contribution < 1.29 is 58.2 Å². The van der Waals surface area contributed by atoms with Crippen molar-refractivity contribution in [3.05, 3.63) is 0 Å². The van der Waals surface area contributed by atoms with Gasteiger partial charge in [0.25, 0.3) is 0 Å². The van der Waals surface area contributed by atoms with Gasteiger partial charge in [0.2, 0.25) is 0 Å². The van der Waals surface area contributed by atoms with Crippen LogP contribution in [0.4, 0.5) is 0 Å². The number of rotatable bonds is 6. The van der Waals surface area contributed by atoms with Crippen LogP contribution in [0.5, 0.6) is 0 Å². The van der Waals surface area contributed by atoms with E-state index in [2.05, 4.69) is 27.1 Å². The summed E-state index contributed by atoms with van der Waals surface area (Å²) in [7, 11) is 0.688. The summed E-state index contributed by atoms with van der Waals surface area (Å²) >= 11 is 0. The molecule has 0 aromatic heterocycles. The Balaban J connectivity index is 0.00000312. The van der Waals surface area contributed by atoms with Crippen molar-refractivity contribution in [2.45, 2.75) is 38.0 Å². The van der Waals surface area contributed by atoms with E-state index in [-0.39, 0.29) is 41.8 Å². The van der Waals surface area contributed by atoms with Gasteiger partial charge in [0, 0.05) is 56.2 Å². The molecule has 2 fully saturated rings. The Labute approximate surface area is 173 Å². The largest absolute Gasteiger partial charge is 1.00 e. The predicted octanol–water partition coefficient (Wildman–Crippen LogP) is -2.96. The van der Waals surface area contributed by atoms with Gasteiger partial charge >= 0.3 is 29.6 Å². The monoisotopic (exact) mass is 388 g/mol. The van der Waals surface area contributed by atoms with Crippen LogP contribution >= 0.6 is 9.77 Å². The van der Waals surface area contributed by atoms with E-state index in [1.165, 1.54) is 5.49 Å². The molecule has 142 valence electrons. The molecule has 0 aromatic carbocycles. The zero-order valence-corrected chi connectivity index (χ0v) is 18.4. The first-order chi connectivity index (χ1) is 11.4. The topological polar surface area (TPSA) is 86.7 Å². The fourth-order valence-corrected chi connectivity index (χ4v) is 4.54. The van der Waals surface area contributed by atoms with Gasteiger partial charge in [-0.25, -0.2) is 0 Å². The van der Waals surface area contributed by atoms with Crippen LogP contribution in [0.1, 0.15) is 19.8 Å². The molecule has 1 aliphatic carbocycles. The molecule has 10 heteroatoms. The number of piperazine rings is 1.